The molecule has 0 heterocycles. The van der Waals surface area contributed by atoms with E-state index in [-0.39, 0.29) is 12.5 Å². The number of carbonyl (C=O) groups is 2. The van der Waals surface area contributed by atoms with E-state index in [4.69, 9.17) is 4.74 Å². The van der Waals surface area contributed by atoms with Gasteiger partial charge in [0, 0.05) is 11.5 Å². The molecule has 1 aromatic rings. The van der Waals surface area contributed by atoms with E-state index >= 15 is 0 Å². The molecular formula is C12H16BrN3O3. The summed E-state index contributed by atoms with van der Waals surface area (Å²) in [6, 6.07) is 3.14. The monoisotopic (exact) mass is 329 g/mol. The fraction of sp³-hybridized carbons (Fsp3) is 0.333. The van der Waals surface area contributed by atoms with Gasteiger partial charge in [0.15, 0.2) is 0 Å². The summed E-state index contributed by atoms with van der Waals surface area (Å²) in [5.74, 6) is 0.275. The third-order valence-corrected chi connectivity index (χ3v) is 2.87. The number of benzene rings is 1. The van der Waals surface area contributed by atoms with Crippen LogP contribution < -0.4 is 20.7 Å². The van der Waals surface area contributed by atoms with E-state index in [1.807, 2.05) is 13.0 Å². The average molecular weight is 330 g/mol. The van der Waals surface area contributed by atoms with Gasteiger partial charge in [-0.2, -0.15) is 0 Å². The van der Waals surface area contributed by atoms with E-state index in [0.717, 1.165) is 10.0 Å². The molecule has 1 aromatic carbocycles. The predicted molar refractivity (Wildman–Crippen MR) is 76.5 cm³/mol. The molecule has 0 atom stereocenters. The first-order chi connectivity index (χ1) is 8.97. The summed E-state index contributed by atoms with van der Waals surface area (Å²) in [6.45, 7) is 1.77. The van der Waals surface area contributed by atoms with Crippen LogP contribution in [0.3, 0.4) is 0 Å². The van der Waals surface area contributed by atoms with Crippen molar-refractivity contribution in [2.75, 3.05) is 26.0 Å². The Hall–Kier alpha value is -1.76. The molecule has 3 amide bonds. The first kappa shape index (κ1) is 15.3. The standard InChI is InChI=1S/C12H16BrN3O3/c1-7-4-8(13)5-9(19-3)11(7)16-12(18)15-6-10(17)14-2/h4-5H,6H2,1-3H3,(H,14,17)(H2,15,16,18). The maximum absolute atomic E-state index is 11.7. The third kappa shape index (κ3) is 4.44. The Balaban J connectivity index is 2.76. The highest BCUT2D eigenvalue weighted by Gasteiger charge is 2.12. The fourth-order valence-corrected chi connectivity index (χ4v) is 1.99. The topological polar surface area (TPSA) is 79.5 Å². The van der Waals surface area contributed by atoms with Gasteiger partial charge in [0.25, 0.3) is 0 Å². The van der Waals surface area contributed by atoms with Crippen LogP contribution in [0.25, 0.3) is 0 Å². The van der Waals surface area contributed by atoms with Gasteiger partial charge in [0.1, 0.15) is 5.75 Å². The number of methoxy groups -OCH3 is 1. The molecule has 7 heteroatoms. The van der Waals surface area contributed by atoms with Crippen LogP contribution in [0.5, 0.6) is 5.75 Å². The first-order valence-electron chi connectivity index (χ1n) is 5.57. The van der Waals surface area contributed by atoms with Crippen LogP contribution in [0.1, 0.15) is 5.56 Å². The van der Waals surface area contributed by atoms with Crippen molar-refractivity contribution >= 4 is 33.6 Å². The average Bonchev–Trinajstić information content (AvgIpc) is 2.38. The molecule has 0 saturated heterocycles. The molecule has 0 aromatic heterocycles. The lowest BCUT2D eigenvalue weighted by atomic mass is 10.2. The smallest absolute Gasteiger partial charge is 0.319 e. The van der Waals surface area contributed by atoms with Crippen molar-refractivity contribution < 1.29 is 14.3 Å². The zero-order chi connectivity index (χ0) is 14.4. The number of rotatable bonds is 4. The lowest BCUT2D eigenvalue weighted by Gasteiger charge is -2.14. The fourth-order valence-electron chi connectivity index (χ4n) is 1.44. The van der Waals surface area contributed by atoms with Gasteiger partial charge < -0.3 is 20.7 Å². The Labute approximate surface area is 120 Å². The van der Waals surface area contributed by atoms with Gasteiger partial charge in [-0.15, -0.1) is 0 Å². The molecule has 0 aliphatic heterocycles. The van der Waals surface area contributed by atoms with Crippen molar-refractivity contribution in [3.8, 4) is 5.75 Å². The number of carbonyl (C=O) groups excluding carboxylic acids is 2. The SMILES string of the molecule is CNC(=O)CNC(=O)Nc1c(C)cc(Br)cc1OC. The number of amides is 3. The quantitative estimate of drug-likeness (QED) is 0.785. The van der Waals surface area contributed by atoms with Crippen LogP contribution in [0.15, 0.2) is 16.6 Å². The minimum absolute atomic E-state index is 0.0831. The second-order valence-electron chi connectivity index (χ2n) is 3.78. The van der Waals surface area contributed by atoms with E-state index in [9.17, 15) is 9.59 Å². The molecule has 0 bridgehead atoms. The zero-order valence-corrected chi connectivity index (χ0v) is 12.6. The van der Waals surface area contributed by atoms with Gasteiger partial charge in [0.2, 0.25) is 5.91 Å². The van der Waals surface area contributed by atoms with Crippen molar-refractivity contribution in [1.82, 2.24) is 10.6 Å². The maximum Gasteiger partial charge on any atom is 0.319 e. The van der Waals surface area contributed by atoms with Crippen LogP contribution in [-0.2, 0) is 4.79 Å². The molecule has 0 radical (unpaired) electrons. The predicted octanol–water partition coefficient (Wildman–Crippen LogP) is 1.63. The molecule has 3 N–H and O–H groups in total. The van der Waals surface area contributed by atoms with Gasteiger partial charge in [-0.25, -0.2) is 4.79 Å². The molecule has 6 nitrogen and oxygen atoms in total. The number of anilines is 1. The summed E-state index contributed by atoms with van der Waals surface area (Å²) in [4.78, 5) is 22.7. The molecule has 19 heavy (non-hydrogen) atoms. The summed E-state index contributed by atoms with van der Waals surface area (Å²) in [5, 5.41) is 7.52. The number of nitrogens with one attached hydrogen (secondary N) is 3. The number of halogens is 1. The van der Waals surface area contributed by atoms with Crippen molar-refractivity contribution in [2.24, 2.45) is 0 Å². The van der Waals surface area contributed by atoms with Crippen LogP contribution in [-0.4, -0.2) is 32.6 Å². The molecule has 0 aliphatic carbocycles. The molecule has 1 rings (SSSR count). The van der Waals surface area contributed by atoms with Gasteiger partial charge in [-0.1, -0.05) is 15.9 Å². The van der Waals surface area contributed by atoms with Crippen molar-refractivity contribution in [1.29, 1.82) is 0 Å². The Morgan fingerprint density at radius 1 is 1.37 bits per heavy atom. The maximum atomic E-state index is 11.7. The van der Waals surface area contributed by atoms with E-state index < -0.39 is 6.03 Å². The van der Waals surface area contributed by atoms with Crippen LogP contribution in [0.2, 0.25) is 0 Å². The lowest BCUT2D eigenvalue weighted by molar-refractivity contribution is -0.119. The van der Waals surface area contributed by atoms with Crippen molar-refractivity contribution in [3.63, 3.8) is 0 Å². The number of likely N-dealkylation sites (N-methyl/N-ethyl adjacent to an activating group) is 1. The van der Waals surface area contributed by atoms with E-state index in [0.29, 0.717) is 11.4 Å². The summed E-state index contributed by atoms with van der Waals surface area (Å²) < 4.78 is 6.06. The van der Waals surface area contributed by atoms with Gasteiger partial charge in [-0.3, -0.25) is 4.79 Å². The Morgan fingerprint density at radius 3 is 2.63 bits per heavy atom. The lowest BCUT2D eigenvalue weighted by Crippen LogP contribution is -2.37. The zero-order valence-electron chi connectivity index (χ0n) is 11.0. The largest absolute Gasteiger partial charge is 0.495 e. The number of urea groups is 1. The van der Waals surface area contributed by atoms with Gasteiger partial charge in [0.05, 0.1) is 19.3 Å². The molecule has 0 unspecified atom stereocenters. The number of ether oxygens (including phenoxy) is 1. The molecular weight excluding hydrogens is 314 g/mol. The highest BCUT2D eigenvalue weighted by molar-refractivity contribution is 9.10. The minimum Gasteiger partial charge on any atom is -0.495 e. The molecule has 104 valence electrons. The molecule has 0 aliphatic rings. The molecule has 0 saturated carbocycles. The normalized spacial score (nSPS) is 9.68. The van der Waals surface area contributed by atoms with Gasteiger partial charge in [-0.05, 0) is 24.6 Å². The number of hydrogen-bond acceptors (Lipinski definition) is 3. The van der Waals surface area contributed by atoms with E-state index in [2.05, 4.69) is 31.9 Å². The Kier molecular flexibility index (Phi) is 5.62. The molecule has 0 fully saturated rings. The summed E-state index contributed by atoms with van der Waals surface area (Å²) in [7, 11) is 3.03. The first-order valence-corrected chi connectivity index (χ1v) is 6.36. The van der Waals surface area contributed by atoms with Gasteiger partial charge >= 0.3 is 6.03 Å². The van der Waals surface area contributed by atoms with Crippen molar-refractivity contribution in [2.45, 2.75) is 6.92 Å². The summed E-state index contributed by atoms with van der Waals surface area (Å²) in [5.41, 5.74) is 1.42. The Morgan fingerprint density at radius 2 is 2.05 bits per heavy atom. The van der Waals surface area contributed by atoms with Crippen LogP contribution in [0.4, 0.5) is 10.5 Å². The number of hydrogen-bond donors (Lipinski definition) is 3. The third-order valence-electron chi connectivity index (χ3n) is 2.41. The molecule has 0 spiro atoms. The second kappa shape index (κ2) is 6.98. The summed E-state index contributed by atoms with van der Waals surface area (Å²) in [6.07, 6.45) is 0. The minimum atomic E-state index is -0.465. The highest BCUT2D eigenvalue weighted by atomic mass is 79.9. The highest BCUT2D eigenvalue weighted by Crippen LogP contribution is 2.31. The van der Waals surface area contributed by atoms with E-state index in [1.54, 1.807) is 6.07 Å². The van der Waals surface area contributed by atoms with Crippen molar-refractivity contribution in [3.05, 3.63) is 22.2 Å². The second-order valence-corrected chi connectivity index (χ2v) is 4.70. The van der Waals surface area contributed by atoms with Crippen LogP contribution in [0, 0.1) is 6.92 Å². The summed E-state index contributed by atoms with van der Waals surface area (Å²) >= 11 is 3.35. The van der Waals surface area contributed by atoms with E-state index in [1.165, 1.54) is 14.2 Å². The Bertz CT molecular complexity index is 491. The van der Waals surface area contributed by atoms with Crippen LogP contribution >= 0.6 is 15.9 Å². The number of aryl methyl sites for hydroxylation is 1.